The fourth-order valence-electron chi connectivity index (χ4n) is 7.29. The Morgan fingerprint density at radius 1 is 0.723 bits per heavy atom. The Hall–Kier alpha value is -5.28. The molecule has 3 heterocycles. The predicted molar refractivity (Wildman–Crippen MR) is 191 cm³/mol. The molecule has 0 fully saturated rings. The van der Waals surface area contributed by atoms with E-state index in [9.17, 15) is 5.26 Å². The van der Waals surface area contributed by atoms with Gasteiger partial charge in [0.15, 0.2) is 5.65 Å². The van der Waals surface area contributed by atoms with Gasteiger partial charge >= 0.3 is 0 Å². The number of nitriles is 1. The average Bonchev–Trinajstić information content (AvgIpc) is 3.35. The summed E-state index contributed by atoms with van der Waals surface area (Å²) in [5, 5.41) is 9.57. The second-order valence-corrected chi connectivity index (χ2v) is 14.4. The monoisotopic (exact) mass is 616 g/mol. The Morgan fingerprint density at radius 2 is 1.30 bits per heavy atom. The minimum Gasteiger partial charge on any atom is -0.310 e. The maximum absolute atomic E-state index is 9.57. The fraction of sp³-hybridized carbons (Fsp3) is 0.268. The first-order valence-corrected chi connectivity index (χ1v) is 16.2. The number of fused-ring (bicyclic) bond motifs is 3. The topological polar surface area (TPSA) is 70.6 Å². The summed E-state index contributed by atoms with van der Waals surface area (Å²) in [7, 11) is 0. The van der Waals surface area contributed by atoms with Crippen molar-refractivity contribution in [3.63, 3.8) is 0 Å². The highest BCUT2D eigenvalue weighted by Crippen LogP contribution is 2.52. The van der Waals surface area contributed by atoms with Crippen molar-refractivity contribution in [1.29, 1.82) is 5.26 Å². The van der Waals surface area contributed by atoms with Crippen LogP contribution in [0.3, 0.4) is 0 Å². The van der Waals surface area contributed by atoms with Gasteiger partial charge in [0.1, 0.15) is 22.9 Å². The first kappa shape index (κ1) is 30.4. The molecule has 0 bridgehead atoms. The molecule has 1 aliphatic heterocycles. The standard InChI is InChI=1S/C41H40N6/c1-24-18-28(23-42)19-25(2)36(24)37-38-39(44-26(3)43-37)46(27(4)45-38)30-20-29(40(5,6)7)21-31(22-30)47-34-16-12-10-14-32(34)41(8,9)33-15-11-13-17-35(33)47/h10-22H,1-9H3. The molecule has 0 saturated carbocycles. The molecule has 6 aromatic rings. The number of rotatable bonds is 3. The molecule has 1 aliphatic rings. The van der Waals surface area contributed by atoms with Crippen LogP contribution in [0.1, 0.15) is 79.6 Å². The van der Waals surface area contributed by atoms with Crippen molar-refractivity contribution in [2.45, 2.75) is 73.1 Å². The molecule has 6 heteroatoms. The normalized spacial score (nSPS) is 13.7. The van der Waals surface area contributed by atoms with E-state index in [0.717, 1.165) is 50.7 Å². The van der Waals surface area contributed by atoms with Crippen LogP contribution in [0.2, 0.25) is 0 Å². The highest BCUT2D eigenvalue weighted by molar-refractivity contribution is 5.92. The van der Waals surface area contributed by atoms with Gasteiger partial charge in [0.05, 0.1) is 28.7 Å². The van der Waals surface area contributed by atoms with Crippen molar-refractivity contribution in [2.24, 2.45) is 0 Å². The summed E-state index contributed by atoms with van der Waals surface area (Å²) in [4.78, 5) is 17.5. The van der Waals surface area contributed by atoms with Crippen LogP contribution in [0.5, 0.6) is 0 Å². The third kappa shape index (κ3) is 4.80. The third-order valence-electron chi connectivity index (χ3n) is 9.61. The summed E-state index contributed by atoms with van der Waals surface area (Å²) >= 11 is 0. The van der Waals surface area contributed by atoms with Crippen LogP contribution < -0.4 is 4.90 Å². The summed E-state index contributed by atoms with van der Waals surface area (Å²) in [5.41, 5.74) is 14.0. The van der Waals surface area contributed by atoms with Crippen molar-refractivity contribution in [2.75, 3.05) is 4.90 Å². The van der Waals surface area contributed by atoms with Gasteiger partial charge in [0.2, 0.25) is 0 Å². The molecule has 4 aromatic carbocycles. The van der Waals surface area contributed by atoms with Crippen LogP contribution in [0.25, 0.3) is 28.1 Å². The van der Waals surface area contributed by atoms with Crippen LogP contribution in [0.4, 0.5) is 17.1 Å². The van der Waals surface area contributed by atoms with Crippen molar-refractivity contribution < 1.29 is 0 Å². The van der Waals surface area contributed by atoms with Gasteiger partial charge in [0, 0.05) is 16.7 Å². The molecule has 0 N–H and O–H groups in total. The zero-order valence-electron chi connectivity index (χ0n) is 28.7. The average molecular weight is 617 g/mol. The lowest BCUT2D eigenvalue weighted by molar-refractivity contribution is 0.589. The quantitative estimate of drug-likeness (QED) is 0.198. The first-order valence-electron chi connectivity index (χ1n) is 16.2. The SMILES string of the molecule is Cc1nc(-c2c(C)cc(C#N)cc2C)c2nc(C)n(-c3cc(N4c5ccccc5C(C)(C)c5ccccc54)cc(C(C)(C)C)c3)c2n1. The summed E-state index contributed by atoms with van der Waals surface area (Å²) in [6, 6.07) is 30.5. The Kier molecular flexibility index (Phi) is 6.87. The predicted octanol–water partition coefficient (Wildman–Crippen LogP) is 9.99. The summed E-state index contributed by atoms with van der Waals surface area (Å²) < 4.78 is 2.17. The van der Waals surface area contributed by atoms with Crippen molar-refractivity contribution in [1.82, 2.24) is 19.5 Å². The number of nitrogens with zero attached hydrogens (tertiary/aromatic N) is 6. The molecular formula is C41H40N6. The van der Waals surface area contributed by atoms with Gasteiger partial charge in [0.25, 0.3) is 0 Å². The van der Waals surface area contributed by atoms with Crippen LogP contribution in [-0.2, 0) is 10.8 Å². The van der Waals surface area contributed by atoms with E-state index >= 15 is 0 Å². The Labute approximate surface area is 277 Å². The molecule has 2 aromatic heterocycles. The van der Waals surface area contributed by atoms with Crippen LogP contribution in [0, 0.1) is 39.0 Å². The molecule has 0 unspecified atom stereocenters. The molecule has 7 rings (SSSR count). The van der Waals surface area contributed by atoms with Gasteiger partial charge in [-0.15, -0.1) is 0 Å². The fourth-order valence-corrected chi connectivity index (χ4v) is 7.29. The molecule has 6 nitrogen and oxygen atoms in total. The maximum Gasteiger partial charge on any atom is 0.168 e. The Morgan fingerprint density at radius 3 is 1.87 bits per heavy atom. The van der Waals surface area contributed by atoms with E-state index in [1.165, 1.54) is 28.1 Å². The lowest BCUT2D eigenvalue weighted by atomic mass is 9.73. The van der Waals surface area contributed by atoms with Crippen LogP contribution in [-0.4, -0.2) is 19.5 Å². The number of aryl methyl sites for hydroxylation is 4. The van der Waals surface area contributed by atoms with Gasteiger partial charge in [-0.25, -0.2) is 15.0 Å². The van der Waals surface area contributed by atoms with Gasteiger partial charge in [-0.2, -0.15) is 5.26 Å². The zero-order valence-corrected chi connectivity index (χ0v) is 28.7. The number of para-hydroxylation sites is 2. The van der Waals surface area contributed by atoms with Crippen molar-refractivity contribution in [3.8, 4) is 23.0 Å². The summed E-state index contributed by atoms with van der Waals surface area (Å²) in [6.07, 6.45) is 0. The number of aromatic nitrogens is 4. The van der Waals surface area contributed by atoms with E-state index in [0.29, 0.717) is 11.4 Å². The lowest BCUT2D eigenvalue weighted by Gasteiger charge is -2.42. The van der Waals surface area contributed by atoms with Gasteiger partial charge in [-0.3, -0.25) is 4.57 Å². The number of hydrogen-bond acceptors (Lipinski definition) is 5. The number of benzene rings is 4. The van der Waals surface area contributed by atoms with Crippen molar-refractivity contribution in [3.05, 3.63) is 124 Å². The minimum atomic E-state index is -0.141. The smallest absolute Gasteiger partial charge is 0.168 e. The highest BCUT2D eigenvalue weighted by atomic mass is 15.2. The molecule has 0 radical (unpaired) electrons. The molecule has 47 heavy (non-hydrogen) atoms. The van der Waals surface area contributed by atoms with Crippen LogP contribution >= 0.6 is 0 Å². The van der Waals surface area contributed by atoms with Gasteiger partial charge in [-0.1, -0.05) is 71.0 Å². The number of hydrogen-bond donors (Lipinski definition) is 0. The van der Waals surface area contributed by atoms with E-state index in [1.54, 1.807) is 0 Å². The van der Waals surface area contributed by atoms with E-state index in [-0.39, 0.29) is 10.8 Å². The van der Waals surface area contributed by atoms with E-state index in [1.807, 2.05) is 39.8 Å². The second-order valence-electron chi connectivity index (χ2n) is 14.4. The lowest BCUT2D eigenvalue weighted by Crippen LogP contribution is -2.30. The van der Waals surface area contributed by atoms with E-state index < -0.39 is 0 Å². The van der Waals surface area contributed by atoms with Crippen LogP contribution in [0.15, 0.2) is 78.9 Å². The largest absolute Gasteiger partial charge is 0.310 e. The van der Waals surface area contributed by atoms with E-state index in [4.69, 9.17) is 15.0 Å². The first-order chi connectivity index (χ1) is 22.3. The molecule has 0 atom stereocenters. The zero-order chi connectivity index (χ0) is 33.4. The summed E-state index contributed by atoms with van der Waals surface area (Å²) in [6.45, 7) is 19.5. The molecular weight excluding hydrogens is 576 g/mol. The third-order valence-corrected chi connectivity index (χ3v) is 9.61. The minimum absolute atomic E-state index is 0.115. The highest BCUT2D eigenvalue weighted by Gasteiger charge is 2.37. The van der Waals surface area contributed by atoms with E-state index in [2.05, 4.69) is 117 Å². The Balaban J connectivity index is 1.51. The molecule has 0 aliphatic carbocycles. The van der Waals surface area contributed by atoms with Gasteiger partial charge in [-0.05, 0) is 103 Å². The second kappa shape index (κ2) is 10.6. The molecule has 234 valence electrons. The number of imidazole rings is 1. The molecule has 0 spiro atoms. The Bertz CT molecular complexity index is 2200. The molecule has 0 amide bonds. The van der Waals surface area contributed by atoms with Gasteiger partial charge < -0.3 is 4.90 Å². The van der Waals surface area contributed by atoms with Crippen molar-refractivity contribution >= 4 is 28.2 Å². The molecule has 0 saturated heterocycles. The number of anilines is 3. The summed E-state index contributed by atoms with van der Waals surface area (Å²) in [5.74, 6) is 1.51. The maximum atomic E-state index is 9.57.